The summed E-state index contributed by atoms with van der Waals surface area (Å²) in [5, 5.41) is 0. The molecule has 0 N–H and O–H groups in total. The largest absolute Gasteiger partial charge is 0.412 e. The summed E-state index contributed by atoms with van der Waals surface area (Å²) in [5.74, 6) is -0.314. The Morgan fingerprint density at radius 3 is 1.15 bits per heavy atom. The Morgan fingerprint density at radius 2 is 0.902 bits per heavy atom. The molecular formula is C37H46BNO2. The van der Waals surface area contributed by atoms with Crippen molar-refractivity contribution in [3.63, 3.8) is 0 Å². The van der Waals surface area contributed by atoms with Gasteiger partial charge in [0.15, 0.2) is 0 Å². The average molecular weight is 548 g/mol. The number of carbonyl (C=O) groups excluding carboxylic acids is 1. The highest BCUT2D eigenvalue weighted by atomic mass is 16.5. The molecule has 4 heteroatoms. The number of ether oxygens (including phenoxy) is 1. The fourth-order valence-corrected chi connectivity index (χ4v) is 6.33. The van der Waals surface area contributed by atoms with Crippen LogP contribution < -0.4 is 21.9 Å². The van der Waals surface area contributed by atoms with E-state index < -0.39 is 6.15 Å². The van der Waals surface area contributed by atoms with E-state index in [-0.39, 0.29) is 5.97 Å². The van der Waals surface area contributed by atoms with Crippen LogP contribution in [0, 0.1) is 0 Å². The maximum atomic E-state index is 11.1. The van der Waals surface area contributed by atoms with Crippen LogP contribution in [0.3, 0.4) is 0 Å². The zero-order valence-corrected chi connectivity index (χ0v) is 25.1. The molecule has 0 aromatic heterocycles. The van der Waals surface area contributed by atoms with Gasteiger partial charge in [-0.3, -0.25) is 4.48 Å². The van der Waals surface area contributed by atoms with Gasteiger partial charge in [0.25, 0.3) is 0 Å². The summed E-state index contributed by atoms with van der Waals surface area (Å²) in [7, 11) is 0. The predicted octanol–water partition coefficient (Wildman–Crippen LogP) is 5.78. The minimum absolute atomic E-state index is 0.314. The van der Waals surface area contributed by atoms with Gasteiger partial charge in [0.05, 0.1) is 19.6 Å². The molecule has 0 aliphatic heterocycles. The summed E-state index contributed by atoms with van der Waals surface area (Å²) in [6.45, 7) is 13.7. The molecule has 0 radical (unpaired) electrons. The molecule has 0 fully saturated rings. The van der Waals surface area contributed by atoms with Crippen molar-refractivity contribution in [3.8, 4) is 0 Å². The fourth-order valence-electron chi connectivity index (χ4n) is 6.33. The van der Waals surface area contributed by atoms with E-state index in [9.17, 15) is 4.79 Å². The first-order valence-electron chi connectivity index (χ1n) is 15.1. The third-order valence-corrected chi connectivity index (χ3v) is 7.94. The monoisotopic (exact) mass is 547 g/mol. The van der Waals surface area contributed by atoms with Crippen molar-refractivity contribution >= 4 is 34.0 Å². The van der Waals surface area contributed by atoms with E-state index >= 15 is 0 Å². The molecule has 4 aromatic carbocycles. The molecule has 0 aliphatic rings. The van der Waals surface area contributed by atoms with Crippen LogP contribution in [0.5, 0.6) is 0 Å². The van der Waals surface area contributed by atoms with E-state index in [1.54, 1.807) is 0 Å². The van der Waals surface area contributed by atoms with Crippen molar-refractivity contribution in [2.24, 2.45) is 0 Å². The van der Waals surface area contributed by atoms with Crippen LogP contribution in [0.4, 0.5) is 0 Å². The second-order valence-corrected chi connectivity index (χ2v) is 10.8. The fraction of sp³-hybridized carbons (Fsp3) is 0.270. The van der Waals surface area contributed by atoms with E-state index in [0.717, 1.165) is 43.4 Å². The number of quaternary nitrogens is 1. The van der Waals surface area contributed by atoms with Gasteiger partial charge in [-0.15, -0.1) is 0 Å². The van der Waals surface area contributed by atoms with Crippen LogP contribution >= 0.6 is 0 Å². The molecule has 0 atom stereocenters. The average Bonchev–Trinajstić information content (AvgIpc) is 3.03. The predicted molar refractivity (Wildman–Crippen MR) is 177 cm³/mol. The van der Waals surface area contributed by atoms with Crippen LogP contribution in [0.2, 0.25) is 0 Å². The van der Waals surface area contributed by atoms with E-state index in [1.807, 2.05) is 0 Å². The Bertz CT molecular complexity index is 1110. The Balaban J connectivity index is 0.000000253. The minimum Gasteiger partial charge on any atom is -0.412 e. The standard InChI is InChI=1S/C24H20B.C13H26NO2/c1-5-13-21(14-6-1)25(22-15-7-2-8-16-22,23-17-9-3-10-18-23)24-19-11-4-12-20-24;1-5-9-14(10-6-2,11-7-3)12-16-13(15)8-4/h1-20H;8H,4-7,9-12H2,1-3H3/q-1;+1. The molecule has 0 unspecified atom stereocenters. The van der Waals surface area contributed by atoms with E-state index in [4.69, 9.17) is 4.74 Å². The molecule has 0 heterocycles. The van der Waals surface area contributed by atoms with Crippen LogP contribution in [0.15, 0.2) is 134 Å². The number of carbonyl (C=O) groups is 1. The molecule has 0 saturated carbocycles. The van der Waals surface area contributed by atoms with Crippen LogP contribution in [0.1, 0.15) is 40.0 Å². The smallest absolute Gasteiger partial charge is 0.334 e. The maximum Gasteiger partial charge on any atom is 0.334 e. The van der Waals surface area contributed by atoms with Gasteiger partial charge in [-0.25, -0.2) is 4.79 Å². The van der Waals surface area contributed by atoms with E-state index in [0.29, 0.717) is 6.73 Å². The third kappa shape index (κ3) is 8.08. The first kappa shape index (κ1) is 31.6. The molecule has 214 valence electrons. The minimum atomic E-state index is -1.22. The number of rotatable bonds is 13. The summed E-state index contributed by atoms with van der Waals surface area (Å²) < 4.78 is 6.12. The van der Waals surface area contributed by atoms with Crippen molar-refractivity contribution in [1.29, 1.82) is 0 Å². The zero-order chi connectivity index (χ0) is 29.4. The van der Waals surface area contributed by atoms with Crippen LogP contribution in [-0.2, 0) is 9.53 Å². The van der Waals surface area contributed by atoms with Gasteiger partial charge in [-0.05, 0) is 19.3 Å². The molecular weight excluding hydrogens is 501 g/mol. The van der Waals surface area contributed by atoms with Crippen LogP contribution in [-0.4, -0.2) is 43.0 Å². The van der Waals surface area contributed by atoms with Gasteiger partial charge < -0.3 is 4.74 Å². The maximum absolute atomic E-state index is 11.1. The molecule has 0 saturated heterocycles. The lowest BCUT2D eigenvalue weighted by molar-refractivity contribution is -0.943. The third-order valence-electron chi connectivity index (χ3n) is 7.94. The number of hydrogen-bond acceptors (Lipinski definition) is 2. The SMILES string of the molecule is C=CC(=O)OC[N+](CCC)(CCC)CCC.c1ccc([B-](c2ccccc2)(c2ccccc2)c2ccccc2)cc1. The molecule has 3 nitrogen and oxygen atoms in total. The quantitative estimate of drug-likeness (QED) is 0.0697. The van der Waals surface area contributed by atoms with Gasteiger partial charge in [0.2, 0.25) is 6.73 Å². The number of benzene rings is 4. The lowest BCUT2D eigenvalue weighted by Gasteiger charge is -2.44. The van der Waals surface area contributed by atoms with Crippen molar-refractivity contribution in [2.75, 3.05) is 26.4 Å². The Morgan fingerprint density at radius 1 is 0.610 bits per heavy atom. The van der Waals surface area contributed by atoms with Crippen molar-refractivity contribution in [1.82, 2.24) is 0 Å². The van der Waals surface area contributed by atoms with Gasteiger partial charge in [-0.1, -0.05) is 149 Å². The Labute approximate surface area is 248 Å². The van der Waals surface area contributed by atoms with Gasteiger partial charge >= 0.3 is 5.97 Å². The lowest BCUT2D eigenvalue weighted by atomic mass is 9.13. The highest BCUT2D eigenvalue weighted by Gasteiger charge is 2.31. The molecule has 0 spiro atoms. The van der Waals surface area contributed by atoms with Gasteiger partial charge in [-0.2, -0.15) is 21.9 Å². The highest BCUT2D eigenvalue weighted by molar-refractivity contribution is 7.19. The summed E-state index contributed by atoms with van der Waals surface area (Å²) in [5.41, 5.74) is 5.36. The van der Waals surface area contributed by atoms with E-state index in [1.165, 1.54) is 27.9 Å². The number of esters is 1. The molecule has 0 aliphatic carbocycles. The highest BCUT2D eigenvalue weighted by Crippen LogP contribution is 2.12. The molecule has 0 amide bonds. The van der Waals surface area contributed by atoms with Crippen LogP contribution in [0.25, 0.3) is 0 Å². The topological polar surface area (TPSA) is 26.3 Å². The molecule has 4 aromatic rings. The van der Waals surface area contributed by atoms with E-state index in [2.05, 4.69) is 149 Å². The first-order valence-corrected chi connectivity index (χ1v) is 15.1. The van der Waals surface area contributed by atoms with Crippen molar-refractivity contribution in [3.05, 3.63) is 134 Å². The van der Waals surface area contributed by atoms with Gasteiger partial charge in [0.1, 0.15) is 6.15 Å². The number of nitrogens with zero attached hydrogens (tertiary/aromatic N) is 1. The van der Waals surface area contributed by atoms with Gasteiger partial charge in [0, 0.05) is 6.08 Å². The Hall–Kier alpha value is -3.89. The summed E-state index contributed by atoms with van der Waals surface area (Å²) in [4.78, 5) is 11.1. The normalized spacial score (nSPS) is 11.2. The molecule has 41 heavy (non-hydrogen) atoms. The summed E-state index contributed by atoms with van der Waals surface area (Å²) >= 11 is 0. The first-order chi connectivity index (χ1) is 20.1. The lowest BCUT2D eigenvalue weighted by Crippen LogP contribution is -2.74. The molecule has 4 rings (SSSR count). The number of hydrogen-bond donors (Lipinski definition) is 0. The summed E-state index contributed by atoms with van der Waals surface area (Å²) in [6, 6.07) is 43.5. The zero-order valence-electron chi connectivity index (χ0n) is 25.1. The molecule has 0 bridgehead atoms. The second-order valence-electron chi connectivity index (χ2n) is 10.8. The van der Waals surface area contributed by atoms with Crippen molar-refractivity contribution < 1.29 is 14.0 Å². The summed E-state index contributed by atoms with van der Waals surface area (Å²) in [6.07, 6.45) is 3.37. The van der Waals surface area contributed by atoms with Crippen molar-refractivity contribution in [2.45, 2.75) is 40.0 Å². The second kappa shape index (κ2) is 16.4. The Kier molecular flexibility index (Phi) is 12.7.